The van der Waals surface area contributed by atoms with Gasteiger partial charge in [-0.25, -0.2) is 13.4 Å². The van der Waals surface area contributed by atoms with Crippen LogP contribution in [0.3, 0.4) is 0 Å². The van der Waals surface area contributed by atoms with Crippen molar-refractivity contribution in [1.82, 2.24) is 4.98 Å². The molecule has 0 bridgehead atoms. The lowest BCUT2D eigenvalue weighted by Gasteiger charge is -2.17. The lowest BCUT2D eigenvalue weighted by atomic mass is 10.2. The van der Waals surface area contributed by atoms with Crippen molar-refractivity contribution in [3.63, 3.8) is 0 Å². The van der Waals surface area contributed by atoms with Gasteiger partial charge in [0.25, 0.3) is 0 Å². The van der Waals surface area contributed by atoms with Gasteiger partial charge in [-0.3, -0.25) is 0 Å². The maximum absolute atomic E-state index is 11.9. The van der Waals surface area contributed by atoms with E-state index in [0.29, 0.717) is 12.4 Å². The summed E-state index contributed by atoms with van der Waals surface area (Å²) in [6, 6.07) is 11.0. The summed E-state index contributed by atoms with van der Waals surface area (Å²) in [4.78, 5) is 4.37. The smallest absolute Gasteiger partial charge is 0.179 e. The molecule has 1 aliphatic rings. The van der Waals surface area contributed by atoms with Crippen molar-refractivity contribution in [1.29, 1.82) is 0 Å². The number of anilines is 1. The molecule has 0 unspecified atom stereocenters. The Balaban J connectivity index is 1.76. The number of hydrogen-bond acceptors (Lipinski definition) is 5. The number of aromatic nitrogens is 1. The van der Waals surface area contributed by atoms with Gasteiger partial charge in [0.15, 0.2) is 9.84 Å². The minimum absolute atomic E-state index is 0.208. The molecule has 1 heterocycles. The van der Waals surface area contributed by atoms with Gasteiger partial charge in [0.1, 0.15) is 16.5 Å². The average molecular weight is 346 g/mol. The van der Waals surface area contributed by atoms with Crippen molar-refractivity contribution in [3.8, 4) is 5.75 Å². The molecule has 1 aromatic heterocycles. The highest BCUT2D eigenvalue weighted by atomic mass is 32.2. The molecule has 3 rings (SSSR count). The Bertz CT molecular complexity index is 799. The molecule has 1 fully saturated rings. The Morgan fingerprint density at radius 1 is 1.17 bits per heavy atom. The summed E-state index contributed by atoms with van der Waals surface area (Å²) in [7, 11) is -3.32. The van der Waals surface area contributed by atoms with Gasteiger partial charge in [-0.05, 0) is 43.9 Å². The molecule has 24 heavy (non-hydrogen) atoms. The van der Waals surface area contributed by atoms with E-state index in [1.165, 1.54) is 19.1 Å². The molecule has 1 aliphatic carbocycles. The SMILES string of the molecule is CS(=O)(=O)c1cccnc1NCc1ccccc1OC1CCCC1. The number of sulfone groups is 1. The monoisotopic (exact) mass is 346 g/mol. The maximum atomic E-state index is 11.9. The standard InChI is InChI=1S/C18H22N2O3S/c1-24(21,22)17-11-6-12-19-18(17)20-13-14-7-2-5-10-16(14)23-15-8-3-4-9-15/h2,5-7,10-12,15H,3-4,8-9,13H2,1H3,(H,19,20). The number of para-hydroxylation sites is 1. The minimum atomic E-state index is -3.32. The molecule has 2 aromatic rings. The van der Waals surface area contributed by atoms with E-state index in [1.54, 1.807) is 18.3 Å². The Kier molecular flexibility index (Phi) is 5.04. The predicted molar refractivity (Wildman–Crippen MR) is 94.0 cm³/mol. The first-order valence-corrected chi connectivity index (χ1v) is 10.1. The summed E-state index contributed by atoms with van der Waals surface area (Å²) in [5.74, 6) is 1.23. The zero-order valence-electron chi connectivity index (χ0n) is 13.7. The quantitative estimate of drug-likeness (QED) is 0.868. The van der Waals surface area contributed by atoms with Crippen LogP contribution in [0, 0.1) is 0 Å². The van der Waals surface area contributed by atoms with Gasteiger partial charge in [-0.2, -0.15) is 0 Å². The van der Waals surface area contributed by atoms with Crippen LogP contribution >= 0.6 is 0 Å². The summed E-state index contributed by atoms with van der Waals surface area (Å²) < 4.78 is 29.8. The van der Waals surface area contributed by atoms with Crippen LogP contribution in [0.15, 0.2) is 47.5 Å². The molecule has 1 aromatic carbocycles. The van der Waals surface area contributed by atoms with Crippen molar-refractivity contribution in [3.05, 3.63) is 48.2 Å². The molecule has 5 nitrogen and oxygen atoms in total. The van der Waals surface area contributed by atoms with E-state index in [-0.39, 0.29) is 11.0 Å². The van der Waals surface area contributed by atoms with Crippen LogP contribution in [0.2, 0.25) is 0 Å². The lowest BCUT2D eigenvalue weighted by Crippen LogP contribution is -2.13. The van der Waals surface area contributed by atoms with Crippen molar-refractivity contribution >= 4 is 15.7 Å². The Labute approximate surface area is 143 Å². The van der Waals surface area contributed by atoms with E-state index in [4.69, 9.17) is 4.74 Å². The summed E-state index contributed by atoms with van der Waals surface area (Å²) in [6.07, 6.45) is 7.69. The van der Waals surface area contributed by atoms with E-state index in [1.807, 2.05) is 24.3 Å². The second kappa shape index (κ2) is 7.21. The molecular formula is C18H22N2O3S. The molecule has 0 radical (unpaired) electrons. The number of pyridine rings is 1. The average Bonchev–Trinajstić information content (AvgIpc) is 3.06. The van der Waals surface area contributed by atoms with Crippen LogP contribution in [0.1, 0.15) is 31.2 Å². The number of nitrogens with one attached hydrogen (secondary N) is 1. The predicted octanol–water partition coefficient (Wildman–Crippen LogP) is 3.42. The third-order valence-electron chi connectivity index (χ3n) is 4.18. The highest BCUT2D eigenvalue weighted by Crippen LogP contribution is 2.27. The normalized spacial score (nSPS) is 15.4. The van der Waals surface area contributed by atoms with Gasteiger partial charge < -0.3 is 10.1 Å². The van der Waals surface area contributed by atoms with Crippen LogP contribution in [-0.4, -0.2) is 25.8 Å². The Hall–Kier alpha value is -2.08. The van der Waals surface area contributed by atoms with Gasteiger partial charge in [0, 0.05) is 24.6 Å². The van der Waals surface area contributed by atoms with Crippen molar-refractivity contribution in [2.45, 2.75) is 43.2 Å². The fourth-order valence-electron chi connectivity index (χ4n) is 2.95. The van der Waals surface area contributed by atoms with Gasteiger partial charge in [0.05, 0.1) is 6.10 Å². The van der Waals surface area contributed by atoms with Gasteiger partial charge in [0.2, 0.25) is 0 Å². The van der Waals surface area contributed by atoms with Crippen LogP contribution in [-0.2, 0) is 16.4 Å². The van der Waals surface area contributed by atoms with E-state index in [0.717, 1.165) is 24.2 Å². The molecule has 0 aliphatic heterocycles. The summed E-state index contributed by atoms with van der Waals surface area (Å²) in [5.41, 5.74) is 0.995. The number of nitrogens with zero attached hydrogens (tertiary/aromatic N) is 1. The fourth-order valence-corrected chi connectivity index (χ4v) is 3.75. The number of rotatable bonds is 6. The summed E-state index contributed by atoms with van der Waals surface area (Å²) in [5, 5.41) is 3.13. The fraction of sp³-hybridized carbons (Fsp3) is 0.389. The van der Waals surface area contributed by atoms with Crippen molar-refractivity contribution in [2.24, 2.45) is 0 Å². The summed E-state index contributed by atoms with van der Waals surface area (Å²) in [6.45, 7) is 0.461. The van der Waals surface area contributed by atoms with Crippen LogP contribution < -0.4 is 10.1 Å². The third kappa shape index (κ3) is 4.06. The topological polar surface area (TPSA) is 68.3 Å². The van der Waals surface area contributed by atoms with Crippen molar-refractivity contribution < 1.29 is 13.2 Å². The first-order valence-electron chi connectivity index (χ1n) is 8.17. The highest BCUT2D eigenvalue weighted by molar-refractivity contribution is 7.90. The van der Waals surface area contributed by atoms with Gasteiger partial charge in [-0.1, -0.05) is 18.2 Å². The second-order valence-corrected chi connectivity index (χ2v) is 8.09. The van der Waals surface area contributed by atoms with E-state index in [9.17, 15) is 8.42 Å². The molecule has 1 N–H and O–H groups in total. The summed E-state index contributed by atoms with van der Waals surface area (Å²) >= 11 is 0. The minimum Gasteiger partial charge on any atom is -0.490 e. The van der Waals surface area contributed by atoms with Crippen molar-refractivity contribution in [2.75, 3.05) is 11.6 Å². The van der Waals surface area contributed by atoms with E-state index >= 15 is 0 Å². The molecule has 6 heteroatoms. The zero-order valence-corrected chi connectivity index (χ0v) is 14.6. The zero-order chi connectivity index (χ0) is 17.0. The molecule has 1 saturated carbocycles. The first kappa shape index (κ1) is 16.8. The van der Waals surface area contributed by atoms with E-state index in [2.05, 4.69) is 10.3 Å². The second-order valence-electron chi connectivity index (χ2n) is 6.11. The van der Waals surface area contributed by atoms with Crippen LogP contribution in [0.4, 0.5) is 5.82 Å². The molecule has 0 saturated heterocycles. The maximum Gasteiger partial charge on any atom is 0.179 e. The third-order valence-corrected chi connectivity index (χ3v) is 5.31. The number of hydrogen-bond donors (Lipinski definition) is 1. The molecule has 128 valence electrons. The Morgan fingerprint density at radius 3 is 2.67 bits per heavy atom. The number of ether oxygens (including phenoxy) is 1. The van der Waals surface area contributed by atoms with E-state index < -0.39 is 9.84 Å². The highest BCUT2D eigenvalue weighted by Gasteiger charge is 2.18. The first-order chi connectivity index (χ1) is 11.5. The molecule has 0 spiro atoms. The van der Waals surface area contributed by atoms with Crippen LogP contribution in [0.25, 0.3) is 0 Å². The Morgan fingerprint density at radius 2 is 1.92 bits per heavy atom. The largest absolute Gasteiger partial charge is 0.490 e. The van der Waals surface area contributed by atoms with Crippen LogP contribution in [0.5, 0.6) is 5.75 Å². The molecular weight excluding hydrogens is 324 g/mol. The lowest BCUT2D eigenvalue weighted by molar-refractivity contribution is 0.208. The number of benzene rings is 1. The molecule has 0 amide bonds. The molecule has 0 atom stereocenters. The van der Waals surface area contributed by atoms with Gasteiger partial charge in [-0.15, -0.1) is 0 Å². The van der Waals surface area contributed by atoms with Gasteiger partial charge >= 0.3 is 0 Å².